The van der Waals surface area contributed by atoms with Gasteiger partial charge in [0.2, 0.25) is 0 Å². The van der Waals surface area contributed by atoms with Crippen LogP contribution in [0.1, 0.15) is 20.8 Å². The first kappa shape index (κ1) is 17.0. The van der Waals surface area contributed by atoms with Crippen LogP contribution < -0.4 is 10.6 Å². The largest absolute Gasteiger partial charge is 0.444 e. The fourth-order valence-corrected chi connectivity index (χ4v) is 2.42. The monoisotopic (exact) mass is 334 g/mol. The molecule has 1 aromatic carbocycles. The highest BCUT2D eigenvalue weighted by Gasteiger charge is 2.06. The molecule has 0 fully saturated rings. The number of amides is 2. The summed E-state index contributed by atoms with van der Waals surface area (Å²) in [4.78, 5) is 24.2. The molecule has 0 unspecified atom stereocenters. The number of nitrogens with one attached hydrogen (secondary N) is 2. The maximum absolute atomic E-state index is 11.7. The molecule has 1 aromatic heterocycles. The van der Waals surface area contributed by atoms with Gasteiger partial charge >= 0.3 is 6.09 Å². The minimum absolute atomic E-state index is 0.0959. The molecule has 0 aliphatic carbocycles. The number of carbonyl (C=O) groups excluding carboxylic acids is 2. The van der Waals surface area contributed by atoms with Gasteiger partial charge < -0.3 is 20.5 Å². The number of hydrogen-bond acceptors (Lipinski definition) is 5. The molecule has 0 aliphatic heterocycles. The molecule has 0 bridgehead atoms. The molecule has 0 radical (unpaired) electrons. The van der Waals surface area contributed by atoms with Crippen LogP contribution in [0.15, 0.2) is 41.8 Å². The number of ether oxygens (including phenoxy) is 1. The third-order valence-corrected chi connectivity index (χ3v) is 3.83. The molecule has 1 heterocycles. The molecule has 6 nitrogen and oxygen atoms in total. The highest BCUT2D eigenvalue weighted by Crippen LogP contribution is 2.09. The summed E-state index contributed by atoms with van der Waals surface area (Å²) in [7, 11) is 0. The fourth-order valence-electron chi connectivity index (χ4n) is 1.80. The summed E-state index contributed by atoms with van der Waals surface area (Å²) in [5.41, 5.74) is 1.36. The lowest BCUT2D eigenvalue weighted by Crippen LogP contribution is -2.26. The molecule has 2 aromatic rings. The second-order valence-corrected chi connectivity index (χ2v) is 5.72. The molecular formula is C16H18N2O4S. The highest BCUT2D eigenvalue weighted by molar-refractivity contribution is 7.09. The van der Waals surface area contributed by atoms with Crippen LogP contribution in [0.25, 0.3) is 0 Å². The first-order chi connectivity index (χ1) is 11.2. The predicted octanol–water partition coefficient (Wildman–Crippen LogP) is 1.90. The number of hydrogen-bond donors (Lipinski definition) is 3. The lowest BCUT2D eigenvalue weighted by Gasteiger charge is -2.07. The number of aliphatic hydroxyl groups excluding tert-OH is 1. The second-order valence-electron chi connectivity index (χ2n) is 4.69. The van der Waals surface area contributed by atoms with Crippen molar-refractivity contribution in [3.05, 3.63) is 57.8 Å². The van der Waals surface area contributed by atoms with E-state index in [1.807, 2.05) is 17.5 Å². The zero-order chi connectivity index (χ0) is 16.5. The number of alkyl carbamates (subject to hydrolysis) is 1. The predicted molar refractivity (Wildman–Crippen MR) is 87.2 cm³/mol. The molecule has 0 atom stereocenters. The minimum Gasteiger partial charge on any atom is -0.444 e. The van der Waals surface area contributed by atoms with E-state index in [2.05, 4.69) is 10.6 Å². The molecule has 2 amide bonds. The Hall–Kier alpha value is -2.38. The van der Waals surface area contributed by atoms with Crippen LogP contribution in [0.2, 0.25) is 0 Å². The molecule has 0 aliphatic rings. The molecule has 7 heteroatoms. The summed E-state index contributed by atoms with van der Waals surface area (Å²) in [5, 5.41) is 15.8. The zero-order valence-electron chi connectivity index (χ0n) is 12.5. The SMILES string of the molecule is O=C(NCc1ccc(C(=O)NCCO)cc1)OCc1cccs1. The lowest BCUT2D eigenvalue weighted by molar-refractivity contribution is 0.0944. The minimum atomic E-state index is -0.483. The molecule has 2 rings (SSSR count). The Balaban J connectivity index is 1.75. The second kappa shape index (κ2) is 8.92. The fraction of sp³-hybridized carbons (Fsp3) is 0.250. The van der Waals surface area contributed by atoms with E-state index in [1.54, 1.807) is 24.3 Å². The Kier molecular flexibility index (Phi) is 6.58. The van der Waals surface area contributed by atoms with Crippen LogP contribution in [-0.4, -0.2) is 30.3 Å². The number of benzene rings is 1. The van der Waals surface area contributed by atoms with Gasteiger partial charge in [0, 0.05) is 23.5 Å². The van der Waals surface area contributed by atoms with Gasteiger partial charge in [-0.15, -0.1) is 11.3 Å². The van der Waals surface area contributed by atoms with Gasteiger partial charge in [0.05, 0.1) is 6.61 Å². The first-order valence-electron chi connectivity index (χ1n) is 7.10. The van der Waals surface area contributed by atoms with Gasteiger partial charge in [-0.25, -0.2) is 4.79 Å². The van der Waals surface area contributed by atoms with Crippen molar-refractivity contribution in [2.45, 2.75) is 13.2 Å². The van der Waals surface area contributed by atoms with Gasteiger partial charge in [0.25, 0.3) is 5.91 Å². The van der Waals surface area contributed by atoms with Crippen LogP contribution in [-0.2, 0) is 17.9 Å². The standard InChI is InChI=1S/C16H18N2O4S/c19-8-7-17-15(20)13-5-3-12(4-6-13)10-18-16(21)22-11-14-2-1-9-23-14/h1-6,9,19H,7-8,10-11H2,(H,17,20)(H,18,21). The van der Waals surface area contributed by atoms with E-state index in [0.717, 1.165) is 10.4 Å². The summed E-state index contributed by atoms with van der Waals surface area (Å²) < 4.78 is 5.09. The lowest BCUT2D eigenvalue weighted by atomic mass is 10.1. The molecule has 23 heavy (non-hydrogen) atoms. The quantitative estimate of drug-likeness (QED) is 0.722. The third kappa shape index (κ3) is 5.72. The van der Waals surface area contributed by atoms with E-state index in [9.17, 15) is 9.59 Å². The Morgan fingerprint density at radius 1 is 1.13 bits per heavy atom. The van der Waals surface area contributed by atoms with Gasteiger partial charge in [0.15, 0.2) is 0 Å². The third-order valence-electron chi connectivity index (χ3n) is 2.98. The van der Waals surface area contributed by atoms with Crippen molar-refractivity contribution in [2.75, 3.05) is 13.2 Å². The molecule has 122 valence electrons. The van der Waals surface area contributed by atoms with Gasteiger partial charge in [-0.2, -0.15) is 0 Å². The van der Waals surface area contributed by atoms with Crippen molar-refractivity contribution in [1.29, 1.82) is 0 Å². The Morgan fingerprint density at radius 2 is 1.91 bits per heavy atom. The number of carbonyl (C=O) groups is 2. The highest BCUT2D eigenvalue weighted by atomic mass is 32.1. The Labute approximate surface area is 138 Å². The van der Waals surface area contributed by atoms with E-state index >= 15 is 0 Å². The average molecular weight is 334 g/mol. The summed E-state index contributed by atoms with van der Waals surface area (Å²) in [6.07, 6.45) is -0.483. The van der Waals surface area contributed by atoms with E-state index in [0.29, 0.717) is 12.1 Å². The molecular weight excluding hydrogens is 316 g/mol. The summed E-state index contributed by atoms with van der Waals surface area (Å²) in [5.74, 6) is -0.242. The normalized spacial score (nSPS) is 10.1. The van der Waals surface area contributed by atoms with E-state index < -0.39 is 6.09 Å². The molecule has 3 N–H and O–H groups in total. The van der Waals surface area contributed by atoms with E-state index in [-0.39, 0.29) is 25.7 Å². The van der Waals surface area contributed by atoms with Gasteiger partial charge in [-0.3, -0.25) is 4.79 Å². The number of thiophene rings is 1. The van der Waals surface area contributed by atoms with Crippen LogP contribution in [0.5, 0.6) is 0 Å². The number of rotatable bonds is 7. The Bertz CT molecular complexity index is 626. The smallest absolute Gasteiger partial charge is 0.407 e. The first-order valence-corrected chi connectivity index (χ1v) is 7.98. The van der Waals surface area contributed by atoms with Crippen molar-refractivity contribution in [3.63, 3.8) is 0 Å². The van der Waals surface area contributed by atoms with Gasteiger partial charge in [-0.1, -0.05) is 18.2 Å². The van der Waals surface area contributed by atoms with Crippen molar-refractivity contribution < 1.29 is 19.4 Å². The summed E-state index contributed by atoms with van der Waals surface area (Å²) in [6, 6.07) is 10.7. The van der Waals surface area contributed by atoms with Crippen molar-refractivity contribution >= 4 is 23.3 Å². The zero-order valence-corrected chi connectivity index (χ0v) is 13.3. The Morgan fingerprint density at radius 3 is 2.57 bits per heavy atom. The maximum Gasteiger partial charge on any atom is 0.407 e. The maximum atomic E-state index is 11.7. The molecule has 0 saturated heterocycles. The van der Waals surface area contributed by atoms with Crippen LogP contribution >= 0.6 is 11.3 Å². The van der Waals surface area contributed by atoms with Crippen molar-refractivity contribution in [3.8, 4) is 0 Å². The van der Waals surface area contributed by atoms with E-state index in [1.165, 1.54) is 11.3 Å². The van der Waals surface area contributed by atoms with Crippen LogP contribution in [0.3, 0.4) is 0 Å². The summed E-state index contributed by atoms with van der Waals surface area (Å²) in [6.45, 7) is 0.703. The van der Waals surface area contributed by atoms with Crippen LogP contribution in [0.4, 0.5) is 4.79 Å². The number of aliphatic hydroxyl groups is 1. The topological polar surface area (TPSA) is 87.7 Å². The van der Waals surface area contributed by atoms with Crippen molar-refractivity contribution in [1.82, 2.24) is 10.6 Å². The van der Waals surface area contributed by atoms with E-state index in [4.69, 9.17) is 9.84 Å². The average Bonchev–Trinajstić information content (AvgIpc) is 3.10. The molecule has 0 spiro atoms. The van der Waals surface area contributed by atoms with Crippen LogP contribution in [0, 0.1) is 0 Å². The van der Waals surface area contributed by atoms with Gasteiger partial charge in [-0.05, 0) is 29.1 Å². The summed E-state index contributed by atoms with van der Waals surface area (Å²) >= 11 is 1.53. The molecule has 0 saturated carbocycles. The van der Waals surface area contributed by atoms with Gasteiger partial charge in [0.1, 0.15) is 6.61 Å². The van der Waals surface area contributed by atoms with Crippen molar-refractivity contribution in [2.24, 2.45) is 0 Å².